The third-order valence-corrected chi connectivity index (χ3v) is 2.96. The first-order valence-electron chi connectivity index (χ1n) is 7.31. The zero-order chi connectivity index (χ0) is 16.8. The van der Waals surface area contributed by atoms with Gasteiger partial charge in [0, 0.05) is 6.04 Å². The number of carbonyl (C=O) groups excluding carboxylic acids is 2. The molecule has 1 atom stereocenters. The third kappa shape index (κ3) is 7.11. The second kappa shape index (κ2) is 7.82. The van der Waals surface area contributed by atoms with E-state index in [-0.39, 0.29) is 18.4 Å². The molecular formula is C17H25NO4. The van der Waals surface area contributed by atoms with Crippen LogP contribution in [-0.4, -0.2) is 30.8 Å². The van der Waals surface area contributed by atoms with E-state index < -0.39 is 11.7 Å². The van der Waals surface area contributed by atoms with Gasteiger partial charge >= 0.3 is 12.1 Å². The first-order chi connectivity index (χ1) is 10.2. The molecule has 0 radical (unpaired) electrons. The van der Waals surface area contributed by atoms with E-state index in [4.69, 9.17) is 4.74 Å². The second-order valence-corrected chi connectivity index (χ2v) is 6.31. The molecule has 5 nitrogen and oxygen atoms in total. The van der Waals surface area contributed by atoms with Crippen molar-refractivity contribution in [1.82, 2.24) is 5.32 Å². The Hall–Kier alpha value is -2.04. The molecule has 1 N–H and O–H groups in total. The van der Waals surface area contributed by atoms with Gasteiger partial charge in [0.1, 0.15) is 5.60 Å². The molecule has 0 bridgehead atoms. The fraction of sp³-hybridized carbons (Fsp3) is 0.529. The van der Waals surface area contributed by atoms with Gasteiger partial charge in [0.2, 0.25) is 0 Å². The molecule has 1 aromatic carbocycles. The largest absolute Gasteiger partial charge is 0.469 e. The van der Waals surface area contributed by atoms with Crippen LogP contribution in [0, 0.1) is 6.92 Å². The Balaban J connectivity index is 2.73. The number of amides is 1. The molecule has 0 aliphatic heterocycles. The predicted octanol–water partition coefficient (Wildman–Crippen LogP) is 2.99. The standard InChI is InChI=1S/C17H25NO4/c1-12-6-8-13(9-7-12)10-14(11-15(19)21-5)18-16(20)22-17(2,3)4/h6-9,14H,10-11H2,1-5H3,(H,18,20)/t14-/m1/s1. The molecule has 0 fully saturated rings. The van der Waals surface area contributed by atoms with Crippen LogP contribution in [0.15, 0.2) is 24.3 Å². The quantitative estimate of drug-likeness (QED) is 0.849. The highest BCUT2D eigenvalue weighted by molar-refractivity contribution is 5.72. The van der Waals surface area contributed by atoms with Gasteiger partial charge in [-0.3, -0.25) is 4.79 Å². The van der Waals surface area contributed by atoms with Gasteiger partial charge in [-0.05, 0) is 39.7 Å². The van der Waals surface area contributed by atoms with Gasteiger partial charge in [-0.15, -0.1) is 0 Å². The number of aryl methyl sites for hydroxylation is 1. The Kier molecular flexibility index (Phi) is 6.40. The molecule has 0 aliphatic carbocycles. The minimum absolute atomic E-state index is 0.101. The molecule has 0 heterocycles. The van der Waals surface area contributed by atoms with Crippen LogP contribution in [0.5, 0.6) is 0 Å². The van der Waals surface area contributed by atoms with Crippen LogP contribution in [0.1, 0.15) is 38.3 Å². The number of benzene rings is 1. The topological polar surface area (TPSA) is 64.6 Å². The van der Waals surface area contributed by atoms with Crippen molar-refractivity contribution in [2.24, 2.45) is 0 Å². The van der Waals surface area contributed by atoms with Gasteiger partial charge in [0.25, 0.3) is 0 Å². The SMILES string of the molecule is COC(=O)C[C@@H](Cc1ccc(C)cc1)NC(=O)OC(C)(C)C. The maximum absolute atomic E-state index is 11.9. The highest BCUT2D eigenvalue weighted by atomic mass is 16.6. The van der Waals surface area contributed by atoms with Crippen molar-refractivity contribution in [2.75, 3.05) is 7.11 Å². The van der Waals surface area contributed by atoms with Crippen LogP contribution in [0.3, 0.4) is 0 Å². The summed E-state index contributed by atoms with van der Waals surface area (Å²) in [7, 11) is 1.33. The second-order valence-electron chi connectivity index (χ2n) is 6.31. The molecule has 0 saturated carbocycles. The number of carbonyl (C=O) groups is 2. The lowest BCUT2D eigenvalue weighted by Crippen LogP contribution is -2.41. The normalized spacial score (nSPS) is 12.4. The van der Waals surface area contributed by atoms with Gasteiger partial charge in [0.05, 0.1) is 13.5 Å². The Morgan fingerprint density at radius 2 is 1.77 bits per heavy atom. The highest BCUT2D eigenvalue weighted by Gasteiger charge is 2.22. The van der Waals surface area contributed by atoms with Crippen molar-refractivity contribution in [3.05, 3.63) is 35.4 Å². The first kappa shape index (κ1) is 18.0. The highest BCUT2D eigenvalue weighted by Crippen LogP contribution is 2.11. The fourth-order valence-electron chi connectivity index (χ4n) is 1.94. The zero-order valence-electron chi connectivity index (χ0n) is 13.9. The maximum atomic E-state index is 11.9. The number of hydrogen-bond donors (Lipinski definition) is 1. The van der Waals surface area contributed by atoms with E-state index in [1.54, 1.807) is 20.8 Å². The van der Waals surface area contributed by atoms with Gasteiger partial charge in [-0.2, -0.15) is 0 Å². The molecule has 0 unspecified atom stereocenters. The fourth-order valence-corrected chi connectivity index (χ4v) is 1.94. The Morgan fingerprint density at radius 1 is 1.18 bits per heavy atom. The summed E-state index contributed by atoms with van der Waals surface area (Å²) >= 11 is 0. The molecular weight excluding hydrogens is 282 g/mol. The van der Waals surface area contributed by atoms with E-state index in [9.17, 15) is 9.59 Å². The minimum atomic E-state index is -0.580. The van der Waals surface area contributed by atoms with Gasteiger partial charge in [-0.25, -0.2) is 4.79 Å². The lowest BCUT2D eigenvalue weighted by molar-refractivity contribution is -0.141. The van der Waals surface area contributed by atoms with Crippen LogP contribution in [0.25, 0.3) is 0 Å². The molecule has 0 aliphatic rings. The van der Waals surface area contributed by atoms with E-state index in [2.05, 4.69) is 10.1 Å². The van der Waals surface area contributed by atoms with Crippen LogP contribution >= 0.6 is 0 Å². The maximum Gasteiger partial charge on any atom is 0.407 e. The van der Waals surface area contributed by atoms with Crippen LogP contribution in [0.4, 0.5) is 4.79 Å². The van der Waals surface area contributed by atoms with Crippen molar-refractivity contribution >= 4 is 12.1 Å². The molecule has 0 saturated heterocycles. The van der Waals surface area contributed by atoms with E-state index in [0.29, 0.717) is 6.42 Å². The molecule has 0 aromatic heterocycles. The number of nitrogens with one attached hydrogen (secondary N) is 1. The summed E-state index contributed by atoms with van der Waals surface area (Å²) in [6, 6.07) is 7.59. The van der Waals surface area contributed by atoms with Crippen LogP contribution in [0.2, 0.25) is 0 Å². The van der Waals surface area contributed by atoms with E-state index in [0.717, 1.165) is 11.1 Å². The number of methoxy groups -OCH3 is 1. The van der Waals surface area contributed by atoms with Crippen molar-refractivity contribution in [2.45, 2.75) is 52.2 Å². The molecule has 1 aromatic rings. The number of alkyl carbamates (subject to hydrolysis) is 1. The Bertz CT molecular complexity index is 502. The zero-order valence-corrected chi connectivity index (χ0v) is 13.9. The van der Waals surface area contributed by atoms with E-state index >= 15 is 0 Å². The smallest absolute Gasteiger partial charge is 0.407 e. The predicted molar refractivity (Wildman–Crippen MR) is 84.7 cm³/mol. The summed E-state index contributed by atoms with van der Waals surface area (Å²) in [6.45, 7) is 7.39. The van der Waals surface area contributed by atoms with Crippen molar-refractivity contribution < 1.29 is 19.1 Å². The van der Waals surface area contributed by atoms with Gasteiger partial charge < -0.3 is 14.8 Å². The molecule has 0 spiro atoms. The van der Waals surface area contributed by atoms with Crippen LogP contribution in [-0.2, 0) is 20.7 Å². The average Bonchev–Trinajstić information content (AvgIpc) is 2.38. The van der Waals surface area contributed by atoms with E-state index in [1.807, 2.05) is 31.2 Å². The lowest BCUT2D eigenvalue weighted by atomic mass is 10.0. The molecule has 122 valence electrons. The Labute approximate surface area is 132 Å². The Morgan fingerprint density at radius 3 is 2.27 bits per heavy atom. The number of hydrogen-bond acceptors (Lipinski definition) is 4. The van der Waals surface area contributed by atoms with E-state index in [1.165, 1.54) is 7.11 Å². The van der Waals surface area contributed by atoms with Gasteiger partial charge in [0.15, 0.2) is 0 Å². The average molecular weight is 307 g/mol. The van der Waals surface area contributed by atoms with Crippen molar-refractivity contribution in [1.29, 1.82) is 0 Å². The minimum Gasteiger partial charge on any atom is -0.469 e. The summed E-state index contributed by atoms with van der Waals surface area (Å²) in [5.74, 6) is -0.367. The van der Waals surface area contributed by atoms with Crippen molar-refractivity contribution in [3.8, 4) is 0 Å². The summed E-state index contributed by atoms with van der Waals surface area (Å²) < 4.78 is 9.93. The molecule has 5 heteroatoms. The monoisotopic (exact) mass is 307 g/mol. The summed E-state index contributed by atoms with van der Waals surface area (Å²) in [4.78, 5) is 23.4. The number of esters is 1. The summed E-state index contributed by atoms with van der Waals surface area (Å²) in [5.41, 5.74) is 1.62. The summed E-state index contributed by atoms with van der Waals surface area (Å²) in [5, 5.41) is 2.74. The van der Waals surface area contributed by atoms with Crippen molar-refractivity contribution in [3.63, 3.8) is 0 Å². The molecule has 22 heavy (non-hydrogen) atoms. The summed E-state index contributed by atoms with van der Waals surface area (Å²) in [6.07, 6.45) is 0.103. The molecule has 1 amide bonds. The lowest BCUT2D eigenvalue weighted by Gasteiger charge is -2.23. The number of rotatable bonds is 5. The molecule has 1 rings (SSSR count). The van der Waals surface area contributed by atoms with Gasteiger partial charge in [-0.1, -0.05) is 29.8 Å². The first-order valence-corrected chi connectivity index (χ1v) is 7.31. The third-order valence-electron chi connectivity index (χ3n) is 2.96. The number of ether oxygens (including phenoxy) is 2. The van der Waals surface area contributed by atoms with Crippen LogP contribution < -0.4 is 5.32 Å².